The molecule has 2 aliphatic carbocycles. The highest BCUT2D eigenvalue weighted by Crippen LogP contribution is 2.48. The van der Waals surface area contributed by atoms with Gasteiger partial charge in [-0.05, 0) is 73.9 Å². The van der Waals surface area contributed by atoms with Crippen LogP contribution in [0.5, 0.6) is 11.8 Å². The smallest absolute Gasteiger partial charge is 0.405 e. The summed E-state index contributed by atoms with van der Waals surface area (Å²) < 4.78 is 65.9. The maximum Gasteiger partial charge on any atom is 0.405 e. The molecule has 1 aromatic carbocycles. The van der Waals surface area contributed by atoms with Gasteiger partial charge < -0.3 is 30.1 Å². The van der Waals surface area contributed by atoms with Crippen LogP contribution in [0.2, 0.25) is 0 Å². The van der Waals surface area contributed by atoms with Crippen LogP contribution >= 0.6 is 0 Å². The molecule has 0 unspecified atom stereocenters. The van der Waals surface area contributed by atoms with Gasteiger partial charge in [0.2, 0.25) is 33.6 Å². The fourth-order valence-corrected chi connectivity index (χ4v) is 8.84. The van der Waals surface area contributed by atoms with Gasteiger partial charge in [0.15, 0.2) is 0 Å². The average molecular weight is 748 g/mol. The Balaban J connectivity index is 1.35. The maximum atomic E-state index is 14.3. The Morgan fingerprint density at radius 3 is 2.60 bits per heavy atom. The Hall–Kier alpha value is -4.54. The van der Waals surface area contributed by atoms with E-state index in [-0.39, 0.29) is 49.9 Å². The van der Waals surface area contributed by atoms with Gasteiger partial charge in [0.1, 0.15) is 41.0 Å². The lowest BCUT2D eigenvalue weighted by atomic mass is 9.88. The standard InChI is InChI=1S/C35H43F2N5O9S/c1-19-6-4-5-7-22-16-35(22,32(45)41-52(48,49)34(18-36)10-11-34)40-29(43)26-15-24(17-42(26)31(44)28(20(2)12-19)39-33(46)47)51-30-25-9-8-23(37)13-21(25)14-27(38-30)50-3/h5,7-9,13-14,19-20,22,24,26,28,39H,4,6,10-12,15-18H2,1-3H3,(H,40,43)(H,41,45)(H,46,47)/t19-,20-,22-,24-,26+,28+,35-/m1/s1. The predicted molar refractivity (Wildman–Crippen MR) is 183 cm³/mol. The Labute approximate surface area is 299 Å². The molecule has 14 nitrogen and oxygen atoms in total. The average Bonchev–Trinajstić information content (AvgIpc) is 3.99. The first-order valence-corrected chi connectivity index (χ1v) is 18.8. The lowest BCUT2D eigenvalue weighted by Gasteiger charge is -2.32. The number of aromatic nitrogens is 1. The quantitative estimate of drug-likeness (QED) is 0.292. The number of fused-ring (bicyclic) bond motifs is 3. The summed E-state index contributed by atoms with van der Waals surface area (Å²) in [5.74, 6) is -3.80. The SMILES string of the molecule is COc1cc2cc(F)ccc2c(O[C@@H]2C[C@H]3C(=O)N[C@]4(C(=O)NS(=O)(=O)C5(CF)CC5)C[C@H]4C=CCC[C@@H](C)C[C@@H](C)[C@H](NC(=O)O)C(=O)N3C2)n1. The van der Waals surface area contributed by atoms with Crippen LogP contribution in [0.1, 0.15) is 58.8 Å². The number of nitrogens with zero attached hydrogens (tertiary/aromatic N) is 2. The third kappa shape index (κ3) is 7.23. The minimum Gasteiger partial charge on any atom is -0.481 e. The van der Waals surface area contributed by atoms with E-state index < -0.39 is 86.6 Å². The summed E-state index contributed by atoms with van der Waals surface area (Å²) in [7, 11) is -3.03. The molecule has 4 aliphatic rings. The van der Waals surface area contributed by atoms with E-state index in [4.69, 9.17) is 9.47 Å². The highest BCUT2D eigenvalue weighted by Gasteiger charge is 2.64. The van der Waals surface area contributed by atoms with Crippen molar-refractivity contribution < 1.29 is 51.0 Å². The van der Waals surface area contributed by atoms with Crippen molar-refractivity contribution in [1.82, 2.24) is 25.2 Å². The number of sulfonamides is 1. The first kappa shape index (κ1) is 37.2. The summed E-state index contributed by atoms with van der Waals surface area (Å²) in [4.78, 5) is 59.9. The van der Waals surface area contributed by atoms with Crippen LogP contribution < -0.4 is 24.8 Å². The minimum atomic E-state index is -4.41. The monoisotopic (exact) mass is 747 g/mol. The number of methoxy groups -OCH3 is 1. The number of amides is 4. The van der Waals surface area contributed by atoms with E-state index >= 15 is 0 Å². The molecule has 0 radical (unpaired) electrons. The highest BCUT2D eigenvalue weighted by molar-refractivity contribution is 7.91. The zero-order chi connectivity index (χ0) is 37.6. The van der Waals surface area contributed by atoms with Crippen molar-refractivity contribution in [2.24, 2.45) is 17.8 Å². The molecule has 1 aromatic heterocycles. The van der Waals surface area contributed by atoms with E-state index in [1.165, 1.54) is 36.3 Å². The number of alkyl halides is 1. The van der Waals surface area contributed by atoms with Crippen molar-refractivity contribution in [2.45, 2.75) is 87.3 Å². The van der Waals surface area contributed by atoms with Crippen LogP contribution in [-0.2, 0) is 24.4 Å². The van der Waals surface area contributed by atoms with Gasteiger partial charge in [0.25, 0.3) is 5.91 Å². The molecule has 1 saturated heterocycles. The molecule has 0 spiro atoms. The van der Waals surface area contributed by atoms with Gasteiger partial charge in [0, 0.05) is 23.8 Å². The predicted octanol–water partition coefficient (Wildman–Crippen LogP) is 3.20. The van der Waals surface area contributed by atoms with Gasteiger partial charge in [-0.3, -0.25) is 19.1 Å². The maximum absolute atomic E-state index is 14.3. The van der Waals surface area contributed by atoms with Gasteiger partial charge in [0.05, 0.1) is 13.7 Å². The second kappa shape index (κ2) is 14.1. The fraction of sp³-hybridized carbons (Fsp3) is 0.571. The Bertz CT molecular complexity index is 1910. The summed E-state index contributed by atoms with van der Waals surface area (Å²) in [5, 5.41) is 15.7. The topological polar surface area (TPSA) is 193 Å². The second-order valence-electron chi connectivity index (χ2n) is 14.6. The zero-order valence-electron chi connectivity index (χ0n) is 29.1. The summed E-state index contributed by atoms with van der Waals surface area (Å²) in [6.45, 7) is 2.39. The normalized spacial score (nSPS) is 30.2. The molecule has 282 valence electrons. The van der Waals surface area contributed by atoms with Crippen molar-refractivity contribution in [3.8, 4) is 11.8 Å². The van der Waals surface area contributed by atoms with E-state index in [9.17, 15) is 41.5 Å². The van der Waals surface area contributed by atoms with Crippen LogP contribution in [0.4, 0.5) is 13.6 Å². The third-order valence-electron chi connectivity index (χ3n) is 10.8. The van der Waals surface area contributed by atoms with E-state index in [0.717, 1.165) is 0 Å². The minimum absolute atomic E-state index is 0.0488. The number of ether oxygens (including phenoxy) is 2. The number of halogens is 2. The van der Waals surface area contributed by atoms with Crippen LogP contribution in [0, 0.1) is 23.6 Å². The number of allylic oxidation sites excluding steroid dienone is 1. The van der Waals surface area contributed by atoms with Crippen LogP contribution in [0.3, 0.4) is 0 Å². The molecule has 17 heteroatoms. The van der Waals surface area contributed by atoms with Gasteiger partial charge in [-0.1, -0.05) is 26.0 Å². The fourth-order valence-electron chi connectivity index (χ4n) is 7.41. The summed E-state index contributed by atoms with van der Waals surface area (Å²) in [6.07, 6.45) is 3.10. The van der Waals surface area contributed by atoms with Crippen molar-refractivity contribution >= 4 is 44.6 Å². The molecule has 4 amide bonds. The molecule has 2 aromatic rings. The van der Waals surface area contributed by atoms with Crippen LogP contribution in [0.15, 0.2) is 36.4 Å². The molecule has 3 fully saturated rings. The zero-order valence-corrected chi connectivity index (χ0v) is 29.9. The van der Waals surface area contributed by atoms with Crippen molar-refractivity contribution in [3.05, 3.63) is 42.2 Å². The molecule has 2 saturated carbocycles. The van der Waals surface area contributed by atoms with Crippen LogP contribution in [0.25, 0.3) is 10.8 Å². The summed E-state index contributed by atoms with van der Waals surface area (Å²) in [5.41, 5.74) is -1.70. The van der Waals surface area contributed by atoms with Gasteiger partial charge in [-0.2, -0.15) is 4.98 Å². The molecule has 7 atom stereocenters. The Kier molecular flexibility index (Phi) is 10.1. The largest absolute Gasteiger partial charge is 0.481 e. The molecule has 0 bridgehead atoms. The number of carbonyl (C=O) groups excluding carboxylic acids is 3. The number of benzene rings is 1. The summed E-state index contributed by atoms with van der Waals surface area (Å²) in [6, 6.07) is 2.98. The van der Waals surface area contributed by atoms with Gasteiger partial charge in [-0.15, -0.1) is 0 Å². The van der Waals surface area contributed by atoms with E-state index in [2.05, 4.69) is 15.6 Å². The summed E-state index contributed by atoms with van der Waals surface area (Å²) >= 11 is 0. The molecular weight excluding hydrogens is 704 g/mol. The number of hydrogen-bond acceptors (Lipinski definition) is 9. The molecule has 2 aliphatic heterocycles. The van der Waals surface area contributed by atoms with E-state index in [1.54, 1.807) is 13.0 Å². The molecule has 6 rings (SSSR count). The first-order valence-electron chi connectivity index (χ1n) is 17.3. The second-order valence-corrected chi connectivity index (χ2v) is 16.7. The third-order valence-corrected chi connectivity index (χ3v) is 12.9. The molecule has 3 heterocycles. The lowest BCUT2D eigenvalue weighted by molar-refractivity contribution is -0.142. The lowest BCUT2D eigenvalue weighted by Crippen LogP contribution is -2.59. The number of nitrogens with one attached hydrogen (secondary N) is 3. The van der Waals surface area contributed by atoms with Crippen molar-refractivity contribution in [2.75, 3.05) is 20.3 Å². The van der Waals surface area contributed by atoms with Gasteiger partial charge >= 0.3 is 6.09 Å². The number of hydrogen-bond donors (Lipinski definition) is 4. The highest BCUT2D eigenvalue weighted by atomic mass is 32.2. The van der Waals surface area contributed by atoms with Crippen LogP contribution in [-0.4, -0.2) is 96.0 Å². The van der Waals surface area contributed by atoms with Crippen molar-refractivity contribution in [1.29, 1.82) is 0 Å². The molecule has 4 N–H and O–H groups in total. The number of carbonyl (C=O) groups is 4. The number of pyridine rings is 1. The van der Waals surface area contributed by atoms with Crippen molar-refractivity contribution in [3.63, 3.8) is 0 Å². The number of carboxylic acid groups (broad SMARTS) is 1. The van der Waals surface area contributed by atoms with Gasteiger partial charge in [-0.25, -0.2) is 22.0 Å². The Morgan fingerprint density at radius 2 is 1.92 bits per heavy atom. The van der Waals surface area contributed by atoms with E-state index in [1.807, 2.05) is 17.7 Å². The number of rotatable bonds is 8. The molecule has 52 heavy (non-hydrogen) atoms. The Morgan fingerprint density at radius 1 is 1.17 bits per heavy atom. The first-order chi connectivity index (χ1) is 24.6. The molecular formula is C35H43F2N5O9S. The van der Waals surface area contributed by atoms with E-state index in [0.29, 0.717) is 30.0 Å².